The lowest BCUT2D eigenvalue weighted by Crippen LogP contribution is -2.48. The Balaban J connectivity index is 2.89. The van der Waals surface area contributed by atoms with Gasteiger partial charge in [0.05, 0.1) is 6.54 Å². The van der Waals surface area contributed by atoms with Crippen LogP contribution in [-0.4, -0.2) is 46.5 Å². The average Bonchev–Trinajstić information content (AvgIpc) is 2.69. The van der Waals surface area contributed by atoms with Crippen LogP contribution in [0.5, 0.6) is 0 Å². The first kappa shape index (κ1) is 17.2. The highest BCUT2D eigenvalue weighted by Crippen LogP contribution is 2.20. The maximum absolute atomic E-state index is 12.3. The molecule has 0 aliphatic carbocycles. The topological polar surface area (TPSA) is 74.6 Å². The van der Waals surface area contributed by atoms with E-state index in [-0.39, 0.29) is 10.4 Å². The number of hydrogen-bond donors (Lipinski definition) is 2. The molecule has 0 bridgehead atoms. The molecule has 0 radical (unpaired) electrons. The Kier molecular flexibility index (Phi) is 5.37. The zero-order valence-electron chi connectivity index (χ0n) is 13.1. The molecular formula is C13H25N3O3S. The standard InChI is InChI=1S/C13H25N3O3S/c1-10-12(7-11(19-10)8-14-4)20(17,18)15-9-13(2,3)16(5)6/h7,14-15H,8-9H2,1-6H3. The van der Waals surface area contributed by atoms with Gasteiger partial charge in [-0.2, -0.15) is 0 Å². The molecule has 0 amide bonds. The van der Waals surface area contributed by atoms with Crippen molar-refractivity contribution in [3.63, 3.8) is 0 Å². The van der Waals surface area contributed by atoms with Gasteiger partial charge in [0.15, 0.2) is 0 Å². The van der Waals surface area contributed by atoms with Crippen molar-refractivity contribution in [2.75, 3.05) is 27.7 Å². The molecule has 0 saturated heterocycles. The number of likely N-dealkylation sites (N-methyl/N-ethyl adjacent to an activating group) is 1. The molecule has 0 unspecified atom stereocenters. The van der Waals surface area contributed by atoms with Crippen molar-refractivity contribution in [3.05, 3.63) is 17.6 Å². The zero-order chi connectivity index (χ0) is 15.6. The van der Waals surface area contributed by atoms with E-state index in [1.54, 1.807) is 20.0 Å². The summed E-state index contributed by atoms with van der Waals surface area (Å²) in [4.78, 5) is 2.18. The van der Waals surface area contributed by atoms with Crippen molar-refractivity contribution in [2.24, 2.45) is 0 Å². The molecule has 6 nitrogen and oxygen atoms in total. The average molecular weight is 303 g/mol. The fourth-order valence-electron chi connectivity index (χ4n) is 1.56. The van der Waals surface area contributed by atoms with E-state index in [0.29, 0.717) is 24.6 Å². The van der Waals surface area contributed by atoms with Gasteiger partial charge in [-0.05, 0) is 41.9 Å². The van der Waals surface area contributed by atoms with Gasteiger partial charge in [0.2, 0.25) is 10.0 Å². The van der Waals surface area contributed by atoms with E-state index in [4.69, 9.17) is 4.42 Å². The molecule has 1 aromatic rings. The van der Waals surface area contributed by atoms with Crippen LogP contribution in [0.2, 0.25) is 0 Å². The van der Waals surface area contributed by atoms with Crippen LogP contribution in [0.3, 0.4) is 0 Å². The molecule has 0 atom stereocenters. The number of nitrogens with one attached hydrogen (secondary N) is 2. The van der Waals surface area contributed by atoms with Crippen molar-refractivity contribution >= 4 is 10.0 Å². The summed E-state index contributed by atoms with van der Waals surface area (Å²) in [6.45, 7) is 6.44. The Morgan fingerprint density at radius 1 is 1.35 bits per heavy atom. The lowest BCUT2D eigenvalue weighted by Gasteiger charge is -2.32. The first-order valence-electron chi connectivity index (χ1n) is 6.51. The SMILES string of the molecule is CNCc1cc(S(=O)(=O)NCC(C)(C)N(C)C)c(C)o1. The highest BCUT2D eigenvalue weighted by atomic mass is 32.2. The van der Waals surface area contributed by atoms with Crippen molar-refractivity contribution in [1.82, 2.24) is 14.9 Å². The van der Waals surface area contributed by atoms with Crippen LogP contribution >= 0.6 is 0 Å². The number of rotatable bonds is 7. The first-order valence-corrected chi connectivity index (χ1v) is 7.99. The lowest BCUT2D eigenvalue weighted by atomic mass is 10.1. The fraction of sp³-hybridized carbons (Fsp3) is 0.692. The monoisotopic (exact) mass is 303 g/mol. The van der Waals surface area contributed by atoms with E-state index < -0.39 is 10.0 Å². The summed E-state index contributed by atoms with van der Waals surface area (Å²) in [5, 5.41) is 2.93. The van der Waals surface area contributed by atoms with Crippen molar-refractivity contribution in [3.8, 4) is 0 Å². The second-order valence-corrected chi connectivity index (χ2v) is 7.43. The van der Waals surface area contributed by atoms with E-state index in [0.717, 1.165) is 0 Å². The van der Waals surface area contributed by atoms with E-state index in [9.17, 15) is 8.42 Å². The minimum atomic E-state index is -3.55. The van der Waals surface area contributed by atoms with Crippen LogP contribution in [0.25, 0.3) is 0 Å². The molecule has 0 saturated carbocycles. The van der Waals surface area contributed by atoms with Gasteiger partial charge in [-0.15, -0.1) is 0 Å². The van der Waals surface area contributed by atoms with Crippen LogP contribution in [0.4, 0.5) is 0 Å². The largest absolute Gasteiger partial charge is 0.464 e. The zero-order valence-corrected chi connectivity index (χ0v) is 13.9. The van der Waals surface area contributed by atoms with Gasteiger partial charge in [0, 0.05) is 18.2 Å². The molecule has 20 heavy (non-hydrogen) atoms. The summed E-state index contributed by atoms with van der Waals surface area (Å²) in [5.74, 6) is 1.02. The molecule has 0 aliphatic heterocycles. The maximum atomic E-state index is 12.3. The summed E-state index contributed by atoms with van der Waals surface area (Å²) in [5.41, 5.74) is -0.265. The van der Waals surface area contributed by atoms with Crippen LogP contribution in [-0.2, 0) is 16.6 Å². The van der Waals surface area contributed by atoms with Crippen molar-refractivity contribution in [2.45, 2.75) is 37.8 Å². The summed E-state index contributed by atoms with van der Waals surface area (Å²) in [6, 6.07) is 1.57. The Bertz CT molecular complexity index is 547. The predicted octanol–water partition coefficient (Wildman–Crippen LogP) is 0.926. The van der Waals surface area contributed by atoms with Gasteiger partial charge in [-0.3, -0.25) is 0 Å². The van der Waals surface area contributed by atoms with Gasteiger partial charge >= 0.3 is 0 Å². The predicted molar refractivity (Wildman–Crippen MR) is 79.2 cm³/mol. The first-order chi connectivity index (χ1) is 9.10. The van der Waals surface area contributed by atoms with E-state index in [1.165, 1.54) is 0 Å². The summed E-state index contributed by atoms with van der Waals surface area (Å²) in [7, 11) is 2.07. The normalized spacial score (nSPS) is 13.2. The molecule has 1 aromatic heterocycles. The van der Waals surface area contributed by atoms with Gasteiger partial charge in [-0.25, -0.2) is 13.1 Å². The Morgan fingerprint density at radius 3 is 2.45 bits per heavy atom. The summed E-state index contributed by atoms with van der Waals surface area (Å²) in [6.07, 6.45) is 0. The maximum Gasteiger partial charge on any atom is 0.244 e. The molecule has 7 heteroatoms. The van der Waals surface area contributed by atoms with Crippen molar-refractivity contribution in [1.29, 1.82) is 0 Å². The molecule has 1 rings (SSSR count). The van der Waals surface area contributed by atoms with E-state index >= 15 is 0 Å². The fourth-order valence-corrected chi connectivity index (χ4v) is 2.97. The van der Waals surface area contributed by atoms with Gasteiger partial charge < -0.3 is 14.6 Å². The third kappa shape index (κ3) is 4.05. The minimum Gasteiger partial charge on any atom is -0.464 e. The Hall–Kier alpha value is -0.890. The quantitative estimate of drug-likeness (QED) is 0.784. The van der Waals surface area contributed by atoms with Crippen LogP contribution in [0.1, 0.15) is 25.4 Å². The lowest BCUT2D eigenvalue weighted by molar-refractivity contribution is 0.199. The number of hydrogen-bond acceptors (Lipinski definition) is 5. The second kappa shape index (κ2) is 6.26. The number of furan rings is 1. The molecular weight excluding hydrogens is 278 g/mol. The van der Waals surface area contributed by atoms with Crippen LogP contribution in [0, 0.1) is 6.92 Å². The molecule has 0 aliphatic rings. The van der Waals surface area contributed by atoms with Crippen LogP contribution in [0.15, 0.2) is 15.4 Å². The third-order valence-corrected chi connectivity index (χ3v) is 4.98. The molecule has 0 aromatic carbocycles. The molecule has 0 spiro atoms. The van der Waals surface area contributed by atoms with Gasteiger partial charge in [0.25, 0.3) is 0 Å². The minimum absolute atomic E-state index is 0.206. The molecule has 1 heterocycles. The molecule has 0 fully saturated rings. The second-order valence-electron chi connectivity index (χ2n) is 5.69. The number of sulfonamides is 1. The molecule has 116 valence electrons. The summed E-state index contributed by atoms with van der Waals surface area (Å²) < 4.78 is 32.7. The van der Waals surface area contributed by atoms with Gasteiger partial charge in [-0.1, -0.05) is 0 Å². The number of aryl methyl sites for hydroxylation is 1. The number of nitrogens with zero attached hydrogens (tertiary/aromatic N) is 1. The van der Waals surface area contributed by atoms with E-state index in [2.05, 4.69) is 10.0 Å². The third-order valence-electron chi connectivity index (χ3n) is 3.47. The summed E-state index contributed by atoms with van der Waals surface area (Å²) >= 11 is 0. The van der Waals surface area contributed by atoms with Gasteiger partial charge in [0.1, 0.15) is 16.4 Å². The smallest absolute Gasteiger partial charge is 0.244 e. The highest BCUT2D eigenvalue weighted by molar-refractivity contribution is 7.89. The Morgan fingerprint density at radius 2 is 1.95 bits per heavy atom. The van der Waals surface area contributed by atoms with E-state index in [1.807, 2.05) is 32.8 Å². The highest BCUT2D eigenvalue weighted by Gasteiger charge is 2.26. The van der Waals surface area contributed by atoms with Crippen LogP contribution < -0.4 is 10.0 Å². The van der Waals surface area contributed by atoms with Crippen molar-refractivity contribution < 1.29 is 12.8 Å². The molecule has 2 N–H and O–H groups in total. The Labute approximate surface area is 121 Å².